The largest absolute Gasteiger partial charge is 0.481 e. The number of carbonyl (C=O) groups is 2. The van der Waals surface area contributed by atoms with Crippen molar-refractivity contribution in [2.45, 2.75) is 70.8 Å². The lowest BCUT2D eigenvalue weighted by atomic mass is 9.79. The van der Waals surface area contributed by atoms with Crippen LogP contribution in [-0.2, 0) is 9.59 Å². The van der Waals surface area contributed by atoms with Gasteiger partial charge >= 0.3 is 5.97 Å². The minimum Gasteiger partial charge on any atom is -0.481 e. The highest BCUT2D eigenvalue weighted by atomic mass is 16.4. The Labute approximate surface area is 120 Å². The van der Waals surface area contributed by atoms with Gasteiger partial charge in [0.1, 0.15) is 0 Å². The van der Waals surface area contributed by atoms with Crippen LogP contribution in [0.3, 0.4) is 0 Å². The molecule has 0 aromatic heterocycles. The van der Waals surface area contributed by atoms with E-state index in [9.17, 15) is 9.59 Å². The fourth-order valence-electron chi connectivity index (χ4n) is 3.16. The molecule has 116 valence electrons. The Balaban J connectivity index is 2.65. The molecule has 1 unspecified atom stereocenters. The summed E-state index contributed by atoms with van der Waals surface area (Å²) in [5.74, 6) is -0.917. The number of nitrogens with one attached hydrogen (secondary N) is 1. The maximum Gasteiger partial charge on any atom is 0.303 e. The van der Waals surface area contributed by atoms with Crippen molar-refractivity contribution >= 4 is 11.9 Å². The van der Waals surface area contributed by atoms with Crippen molar-refractivity contribution in [2.75, 3.05) is 6.61 Å². The molecule has 0 saturated heterocycles. The highest BCUT2D eigenvalue weighted by Gasteiger charge is 2.39. The van der Waals surface area contributed by atoms with Gasteiger partial charge in [-0.15, -0.1) is 0 Å². The highest BCUT2D eigenvalue weighted by Crippen LogP contribution is 2.44. The van der Waals surface area contributed by atoms with Gasteiger partial charge < -0.3 is 15.5 Å². The summed E-state index contributed by atoms with van der Waals surface area (Å²) in [6.45, 7) is 3.92. The third-order valence-electron chi connectivity index (χ3n) is 4.61. The van der Waals surface area contributed by atoms with Gasteiger partial charge in [0.25, 0.3) is 0 Å². The fraction of sp³-hybridized carbons (Fsp3) is 0.867. The maximum absolute atomic E-state index is 12.2. The average Bonchev–Trinajstić information content (AvgIpc) is 2.76. The predicted molar refractivity (Wildman–Crippen MR) is 76.3 cm³/mol. The topological polar surface area (TPSA) is 86.6 Å². The Hall–Kier alpha value is -1.10. The van der Waals surface area contributed by atoms with Crippen molar-refractivity contribution in [2.24, 2.45) is 5.41 Å². The Morgan fingerprint density at radius 3 is 2.30 bits per heavy atom. The molecule has 0 bridgehead atoms. The first kappa shape index (κ1) is 17.0. The van der Waals surface area contributed by atoms with E-state index < -0.39 is 11.5 Å². The number of rotatable bonds is 8. The number of hydrogen-bond donors (Lipinski definition) is 3. The first-order valence-corrected chi connectivity index (χ1v) is 7.48. The lowest BCUT2D eigenvalue weighted by Crippen LogP contribution is -2.47. The number of aliphatic hydroxyl groups is 1. The second kappa shape index (κ2) is 7.07. The second-order valence-electron chi connectivity index (χ2n) is 6.39. The number of hydrogen-bond acceptors (Lipinski definition) is 3. The first-order valence-electron chi connectivity index (χ1n) is 7.48. The van der Waals surface area contributed by atoms with Crippen molar-refractivity contribution in [1.82, 2.24) is 5.32 Å². The molecule has 0 radical (unpaired) electrons. The van der Waals surface area contributed by atoms with Crippen LogP contribution in [0.1, 0.15) is 65.2 Å². The summed E-state index contributed by atoms with van der Waals surface area (Å²) in [5.41, 5.74) is -0.779. The van der Waals surface area contributed by atoms with Gasteiger partial charge in [0.05, 0.1) is 6.42 Å². The number of aliphatic carboxylic acids is 1. The van der Waals surface area contributed by atoms with Crippen LogP contribution in [0, 0.1) is 5.41 Å². The summed E-state index contributed by atoms with van der Waals surface area (Å²) in [7, 11) is 0. The lowest BCUT2D eigenvalue weighted by Gasteiger charge is -2.32. The van der Waals surface area contributed by atoms with Crippen LogP contribution in [-0.4, -0.2) is 34.2 Å². The normalized spacial score (nSPS) is 20.4. The molecule has 0 aromatic carbocycles. The molecule has 1 aliphatic carbocycles. The number of carboxylic acid groups (broad SMARTS) is 1. The summed E-state index contributed by atoms with van der Waals surface area (Å²) in [5, 5.41) is 21.1. The minimum absolute atomic E-state index is 0.0326. The van der Waals surface area contributed by atoms with E-state index >= 15 is 0 Å². The molecule has 1 aliphatic rings. The number of carboxylic acids is 1. The number of amides is 1. The van der Waals surface area contributed by atoms with E-state index in [0.29, 0.717) is 6.42 Å². The van der Waals surface area contributed by atoms with E-state index in [1.54, 1.807) is 0 Å². The van der Waals surface area contributed by atoms with E-state index in [0.717, 1.165) is 32.1 Å². The molecule has 1 atom stereocenters. The molecule has 0 spiro atoms. The van der Waals surface area contributed by atoms with Crippen molar-refractivity contribution in [3.05, 3.63) is 0 Å². The maximum atomic E-state index is 12.2. The van der Waals surface area contributed by atoms with Crippen LogP contribution in [0.4, 0.5) is 0 Å². The van der Waals surface area contributed by atoms with Crippen LogP contribution in [0.2, 0.25) is 0 Å². The van der Waals surface area contributed by atoms with E-state index in [1.165, 1.54) is 0 Å². The third kappa shape index (κ3) is 4.78. The Bertz CT molecular complexity index is 350. The van der Waals surface area contributed by atoms with Crippen LogP contribution < -0.4 is 5.32 Å². The predicted octanol–water partition coefficient (Wildman–Crippen LogP) is 2.08. The number of carbonyl (C=O) groups excluding carboxylic acids is 1. The van der Waals surface area contributed by atoms with Crippen molar-refractivity contribution in [3.8, 4) is 0 Å². The van der Waals surface area contributed by atoms with E-state index in [2.05, 4.69) is 5.32 Å². The molecule has 1 saturated carbocycles. The summed E-state index contributed by atoms with van der Waals surface area (Å²) in [4.78, 5) is 23.3. The zero-order chi connectivity index (χ0) is 15.2. The zero-order valence-corrected chi connectivity index (χ0v) is 12.6. The van der Waals surface area contributed by atoms with Gasteiger partial charge in [-0.25, -0.2) is 0 Å². The summed E-state index contributed by atoms with van der Waals surface area (Å²) >= 11 is 0. The SMILES string of the molecule is CCC(C)(CCO)NC(=O)CC1(CC(=O)O)CCCC1. The van der Waals surface area contributed by atoms with Crippen LogP contribution in [0.25, 0.3) is 0 Å². The zero-order valence-electron chi connectivity index (χ0n) is 12.6. The molecule has 0 aliphatic heterocycles. The molecule has 0 aromatic rings. The monoisotopic (exact) mass is 285 g/mol. The summed E-state index contributed by atoms with van der Waals surface area (Å²) in [6, 6.07) is 0. The van der Waals surface area contributed by atoms with Crippen molar-refractivity contribution in [3.63, 3.8) is 0 Å². The molecule has 5 nitrogen and oxygen atoms in total. The summed E-state index contributed by atoms with van der Waals surface area (Å²) < 4.78 is 0. The Kier molecular flexibility index (Phi) is 5.99. The molecule has 0 heterocycles. The Morgan fingerprint density at radius 1 is 1.25 bits per heavy atom. The fourth-order valence-corrected chi connectivity index (χ4v) is 3.16. The molecule has 5 heteroatoms. The van der Waals surface area contributed by atoms with Crippen molar-refractivity contribution in [1.29, 1.82) is 0 Å². The molecule has 3 N–H and O–H groups in total. The van der Waals surface area contributed by atoms with E-state index in [1.807, 2.05) is 13.8 Å². The van der Waals surface area contributed by atoms with Crippen LogP contribution >= 0.6 is 0 Å². The van der Waals surface area contributed by atoms with Gasteiger partial charge in [-0.2, -0.15) is 0 Å². The minimum atomic E-state index is -0.826. The van der Waals surface area contributed by atoms with Crippen LogP contribution in [0.5, 0.6) is 0 Å². The molecular weight excluding hydrogens is 258 g/mol. The highest BCUT2D eigenvalue weighted by molar-refractivity contribution is 5.78. The smallest absolute Gasteiger partial charge is 0.303 e. The van der Waals surface area contributed by atoms with Gasteiger partial charge in [0.15, 0.2) is 0 Å². The standard InChI is InChI=1S/C15H27NO4/c1-3-14(2,8-9-17)16-12(18)10-15(11-13(19)20)6-4-5-7-15/h17H,3-11H2,1-2H3,(H,16,18)(H,19,20). The van der Waals surface area contributed by atoms with Gasteiger partial charge in [-0.05, 0) is 38.0 Å². The third-order valence-corrected chi connectivity index (χ3v) is 4.61. The van der Waals surface area contributed by atoms with Gasteiger partial charge in [0, 0.05) is 18.6 Å². The van der Waals surface area contributed by atoms with E-state index in [4.69, 9.17) is 10.2 Å². The quantitative estimate of drug-likeness (QED) is 0.637. The average molecular weight is 285 g/mol. The lowest BCUT2D eigenvalue weighted by molar-refractivity contribution is -0.140. The second-order valence-corrected chi connectivity index (χ2v) is 6.39. The first-order chi connectivity index (χ1) is 9.35. The van der Waals surface area contributed by atoms with Gasteiger partial charge in [-0.1, -0.05) is 19.8 Å². The van der Waals surface area contributed by atoms with Gasteiger partial charge in [-0.3, -0.25) is 9.59 Å². The molecular formula is C15H27NO4. The van der Waals surface area contributed by atoms with Crippen LogP contribution in [0.15, 0.2) is 0 Å². The van der Waals surface area contributed by atoms with Gasteiger partial charge in [0.2, 0.25) is 5.91 Å². The molecule has 1 rings (SSSR count). The number of aliphatic hydroxyl groups excluding tert-OH is 1. The van der Waals surface area contributed by atoms with Crippen molar-refractivity contribution < 1.29 is 19.8 Å². The summed E-state index contributed by atoms with van der Waals surface area (Å²) in [6.07, 6.45) is 5.24. The molecule has 1 fully saturated rings. The molecule has 1 amide bonds. The van der Waals surface area contributed by atoms with E-state index in [-0.39, 0.29) is 30.8 Å². The Morgan fingerprint density at radius 2 is 1.85 bits per heavy atom. The molecule has 20 heavy (non-hydrogen) atoms.